The molecule has 86 valence electrons. The Morgan fingerprint density at radius 1 is 1.19 bits per heavy atom. The number of aromatic nitrogens is 4. The van der Waals surface area contributed by atoms with E-state index in [9.17, 15) is 0 Å². The number of fused-ring (bicyclic) bond motifs is 1. The minimum Gasteiger partial charge on any atom is -0.476 e. The fourth-order valence-electron chi connectivity index (χ4n) is 1.43. The topological polar surface area (TPSA) is 62.1 Å². The molecular formula is C10H14N4O2. The Morgan fingerprint density at radius 2 is 1.94 bits per heavy atom. The standard InChI is InChI=1S/C10H14N4O2/c1-4-15-9-7-8(11-6-14(7)3)12-10(13-9)16-5-2/h6H,4-5H2,1-3H3. The van der Waals surface area contributed by atoms with E-state index in [1.54, 1.807) is 6.33 Å². The summed E-state index contributed by atoms with van der Waals surface area (Å²) < 4.78 is 12.5. The first kappa shape index (κ1) is 10.7. The molecule has 0 spiro atoms. The maximum absolute atomic E-state index is 5.45. The van der Waals surface area contributed by atoms with Crippen molar-refractivity contribution in [3.63, 3.8) is 0 Å². The largest absolute Gasteiger partial charge is 0.476 e. The summed E-state index contributed by atoms with van der Waals surface area (Å²) in [6.45, 7) is 4.85. The molecule has 0 saturated heterocycles. The second-order valence-electron chi connectivity index (χ2n) is 3.21. The van der Waals surface area contributed by atoms with Crippen molar-refractivity contribution in [3.05, 3.63) is 6.33 Å². The van der Waals surface area contributed by atoms with Crippen molar-refractivity contribution < 1.29 is 9.47 Å². The lowest BCUT2D eigenvalue weighted by Crippen LogP contribution is -2.03. The van der Waals surface area contributed by atoms with E-state index in [0.717, 1.165) is 5.52 Å². The Hall–Kier alpha value is -1.85. The summed E-state index contributed by atoms with van der Waals surface area (Å²) in [6.07, 6.45) is 1.68. The molecule has 0 aliphatic rings. The van der Waals surface area contributed by atoms with E-state index in [-0.39, 0.29) is 0 Å². The van der Waals surface area contributed by atoms with Gasteiger partial charge in [0.25, 0.3) is 0 Å². The first-order valence-corrected chi connectivity index (χ1v) is 5.21. The molecule has 2 aromatic rings. The fraction of sp³-hybridized carbons (Fsp3) is 0.500. The van der Waals surface area contributed by atoms with Crippen LogP contribution < -0.4 is 9.47 Å². The molecule has 0 saturated carbocycles. The van der Waals surface area contributed by atoms with Crippen LogP contribution in [0, 0.1) is 0 Å². The van der Waals surface area contributed by atoms with Gasteiger partial charge in [0.1, 0.15) is 0 Å². The number of rotatable bonds is 4. The van der Waals surface area contributed by atoms with Gasteiger partial charge in [-0.25, -0.2) is 4.98 Å². The average Bonchev–Trinajstić information content (AvgIpc) is 2.61. The Bertz CT molecular complexity index is 495. The molecule has 0 atom stereocenters. The van der Waals surface area contributed by atoms with Gasteiger partial charge in [0.2, 0.25) is 5.88 Å². The highest BCUT2D eigenvalue weighted by molar-refractivity contribution is 5.76. The van der Waals surface area contributed by atoms with Crippen molar-refractivity contribution in [2.75, 3.05) is 13.2 Å². The van der Waals surface area contributed by atoms with E-state index in [2.05, 4.69) is 15.0 Å². The van der Waals surface area contributed by atoms with Gasteiger partial charge in [0.05, 0.1) is 19.5 Å². The third-order valence-corrected chi connectivity index (χ3v) is 2.07. The molecular weight excluding hydrogens is 208 g/mol. The summed E-state index contributed by atoms with van der Waals surface area (Å²) in [5.41, 5.74) is 1.37. The Balaban J connectivity index is 2.56. The lowest BCUT2D eigenvalue weighted by atomic mass is 10.5. The Kier molecular flexibility index (Phi) is 2.89. The van der Waals surface area contributed by atoms with E-state index in [4.69, 9.17) is 9.47 Å². The van der Waals surface area contributed by atoms with Crippen LogP contribution in [0.15, 0.2) is 6.33 Å². The summed E-state index contributed by atoms with van der Waals surface area (Å²) in [6, 6.07) is 0.303. The number of ether oxygens (including phenoxy) is 2. The van der Waals surface area contributed by atoms with Crippen LogP contribution in [-0.4, -0.2) is 32.7 Å². The van der Waals surface area contributed by atoms with Gasteiger partial charge >= 0.3 is 6.01 Å². The molecule has 0 aliphatic carbocycles. The van der Waals surface area contributed by atoms with Crippen molar-refractivity contribution in [2.45, 2.75) is 13.8 Å². The minimum absolute atomic E-state index is 0.303. The van der Waals surface area contributed by atoms with Gasteiger partial charge < -0.3 is 14.0 Å². The summed E-state index contributed by atoms with van der Waals surface area (Å²) in [4.78, 5) is 12.5. The Morgan fingerprint density at radius 3 is 2.62 bits per heavy atom. The van der Waals surface area contributed by atoms with Crippen molar-refractivity contribution >= 4 is 11.2 Å². The Labute approximate surface area is 93.2 Å². The van der Waals surface area contributed by atoms with Gasteiger partial charge in [-0.2, -0.15) is 9.97 Å². The molecule has 16 heavy (non-hydrogen) atoms. The van der Waals surface area contributed by atoms with Crippen LogP contribution in [-0.2, 0) is 7.05 Å². The molecule has 2 heterocycles. The molecule has 0 unspecified atom stereocenters. The highest BCUT2D eigenvalue weighted by Gasteiger charge is 2.13. The van der Waals surface area contributed by atoms with Crippen LogP contribution in [0.5, 0.6) is 11.9 Å². The smallest absolute Gasteiger partial charge is 0.321 e. The summed E-state index contributed by atoms with van der Waals surface area (Å²) >= 11 is 0. The van der Waals surface area contributed by atoms with E-state index >= 15 is 0 Å². The van der Waals surface area contributed by atoms with Gasteiger partial charge in [-0.1, -0.05) is 0 Å². The highest BCUT2D eigenvalue weighted by atomic mass is 16.5. The molecule has 0 aliphatic heterocycles. The van der Waals surface area contributed by atoms with Crippen molar-refractivity contribution in [1.82, 2.24) is 19.5 Å². The van der Waals surface area contributed by atoms with Crippen molar-refractivity contribution in [1.29, 1.82) is 0 Å². The maximum atomic E-state index is 5.45. The van der Waals surface area contributed by atoms with Gasteiger partial charge in [0.15, 0.2) is 11.2 Å². The first-order valence-electron chi connectivity index (χ1n) is 5.21. The zero-order valence-electron chi connectivity index (χ0n) is 9.60. The van der Waals surface area contributed by atoms with E-state index in [1.165, 1.54) is 0 Å². The average molecular weight is 222 g/mol. The van der Waals surface area contributed by atoms with Crippen LogP contribution in [0.4, 0.5) is 0 Å². The van der Waals surface area contributed by atoms with E-state index in [0.29, 0.717) is 30.8 Å². The van der Waals surface area contributed by atoms with Gasteiger partial charge in [-0.15, -0.1) is 0 Å². The zero-order chi connectivity index (χ0) is 11.5. The maximum Gasteiger partial charge on any atom is 0.321 e. The quantitative estimate of drug-likeness (QED) is 0.776. The van der Waals surface area contributed by atoms with Gasteiger partial charge in [0, 0.05) is 7.05 Å². The minimum atomic E-state index is 0.303. The molecule has 0 radical (unpaired) electrons. The normalized spacial score (nSPS) is 10.7. The predicted molar refractivity (Wildman–Crippen MR) is 58.6 cm³/mol. The van der Waals surface area contributed by atoms with Crippen molar-refractivity contribution in [2.24, 2.45) is 7.05 Å². The van der Waals surface area contributed by atoms with Gasteiger partial charge in [-0.3, -0.25) is 0 Å². The second kappa shape index (κ2) is 4.34. The number of nitrogens with zero attached hydrogens (tertiary/aromatic N) is 4. The molecule has 0 bridgehead atoms. The number of hydrogen-bond acceptors (Lipinski definition) is 5. The van der Waals surface area contributed by atoms with Crippen LogP contribution in [0.25, 0.3) is 11.2 Å². The predicted octanol–water partition coefficient (Wildman–Crippen LogP) is 1.16. The number of hydrogen-bond donors (Lipinski definition) is 0. The molecule has 6 nitrogen and oxygen atoms in total. The third-order valence-electron chi connectivity index (χ3n) is 2.07. The molecule has 0 fully saturated rings. The molecule has 2 rings (SSSR count). The fourth-order valence-corrected chi connectivity index (χ4v) is 1.43. The molecule has 0 aromatic carbocycles. The zero-order valence-corrected chi connectivity index (χ0v) is 9.60. The molecule has 2 aromatic heterocycles. The van der Waals surface area contributed by atoms with Crippen LogP contribution >= 0.6 is 0 Å². The number of imidazole rings is 1. The van der Waals surface area contributed by atoms with Gasteiger partial charge in [-0.05, 0) is 13.8 Å². The monoisotopic (exact) mass is 222 g/mol. The highest BCUT2D eigenvalue weighted by Crippen LogP contribution is 2.23. The second-order valence-corrected chi connectivity index (χ2v) is 3.21. The van der Waals surface area contributed by atoms with Crippen LogP contribution in [0.2, 0.25) is 0 Å². The molecule has 0 N–H and O–H groups in total. The first-order chi connectivity index (χ1) is 7.76. The lowest BCUT2D eigenvalue weighted by Gasteiger charge is -2.06. The number of aryl methyl sites for hydroxylation is 1. The van der Waals surface area contributed by atoms with Crippen molar-refractivity contribution in [3.8, 4) is 11.9 Å². The summed E-state index contributed by atoms with van der Waals surface area (Å²) in [5, 5.41) is 0. The van der Waals surface area contributed by atoms with E-state index in [1.807, 2.05) is 25.5 Å². The van der Waals surface area contributed by atoms with Crippen LogP contribution in [0.3, 0.4) is 0 Å². The third kappa shape index (κ3) is 1.78. The molecule has 0 amide bonds. The van der Waals surface area contributed by atoms with Crippen LogP contribution in [0.1, 0.15) is 13.8 Å². The summed E-state index contributed by atoms with van der Waals surface area (Å²) in [5.74, 6) is 0.510. The SMILES string of the molecule is CCOc1nc(OCC)c2c(ncn2C)n1. The lowest BCUT2D eigenvalue weighted by molar-refractivity contribution is 0.292. The summed E-state index contributed by atoms with van der Waals surface area (Å²) in [7, 11) is 1.88. The molecule has 6 heteroatoms. The van der Waals surface area contributed by atoms with E-state index < -0.39 is 0 Å².